The molecule has 0 spiro atoms. The van der Waals surface area contributed by atoms with Crippen LogP contribution >= 0.6 is 27.5 Å². The highest BCUT2D eigenvalue weighted by Crippen LogP contribution is 2.38. The van der Waals surface area contributed by atoms with Gasteiger partial charge < -0.3 is 10.5 Å². The van der Waals surface area contributed by atoms with Crippen molar-refractivity contribution in [2.24, 2.45) is 5.73 Å². The quantitative estimate of drug-likeness (QED) is 0.839. The molecule has 1 atom stereocenters. The minimum atomic E-state index is -1.03. The number of halogens is 4. The first-order valence-corrected chi connectivity index (χ1v) is 7.27. The molecule has 2 aromatic carbocycles. The van der Waals surface area contributed by atoms with Gasteiger partial charge in [-0.2, -0.15) is 0 Å². The molecule has 0 saturated heterocycles. The molecule has 112 valence electrons. The molecule has 0 saturated carbocycles. The zero-order chi connectivity index (χ0) is 15.7. The Morgan fingerprint density at radius 1 is 1.29 bits per heavy atom. The predicted molar refractivity (Wildman–Crippen MR) is 82.8 cm³/mol. The number of hydrogen-bond acceptors (Lipinski definition) is 2. The standard InChI is InChI=1S/C15H13BrClF2NO/c1-7-3-4-11(18)12(13(7)19)14(20)9-5-8(17)6-10(16)15(9)21-2/h3-6,14H,20H2,1-2H3. The largest absolute Gasteiger partial charge is 0.495 e. The van der Waals surface area contributed by atoms with Gasteiger partial charge in [-0.15, -0.1) is 0 Å². The number of benzene rings is 2. The number of aryl methyl sites for hydroxylation is 1. The summed E-state index contributed by atoms with van der Waals surface area (Å²) < 4.78 is 34.0. The van der Waals surface area contributed by atoms with Crippen molar-refractivity contribution in [3.8, 4) is 5.75 Å². The normalized spacial score (nSPS) is 12.3. The van der Waals surface area contributed by atoms with E-state index in [1.807, 2.05) is 0 Å². The van der Waals surface area contributed by atoms with Gasteiger partial charge in [0, 0.05) is 16.1 Å². The molecular weight excluding hydrogens is 364 g/mol. The number of methoxy groups -OCH3 is 1. The molecule has 0 radical (unpaired) electrons. The molecule has 0 aliphatic rings. The lowest BCUT2D eigenvalue weighted by Gasteiger charge is -2.19. The highest BCUT2D eigenvalue weighted by Gasteiger charge is 2.24. The molecule has 0 aromatic heterocycles. The van der Waals surface area contributed by atoms with Crippen molar-refractivity contribution in [1.82, 2.24) is 0 Å². The summed E-state index contributed by atoms with van der Waals surface area (Å²) in [5, 5.41) is 0.390. The third-order valence-electron chi connectivity index (χ3n) is 3.21. The summed E-state index contributed by atoms with van der Waals surface area (Å²) in [5.41, 5.74) is 6.58. The molecule has 21 heavy (non-hydrogen) atoms. The molecule has 0 amide bonds. The van der Waals surface area contributed by atoms with Crippen LogP contribution in [0.4, 0.5) is 8.78 Å². The van der Waals surface area contributed by atoms with Crippen molar-refractivity contribution in [1.29, 1.82) is 0 Å². The summed E-state index contributed by atoms with van der Waals surface area (Å²) in [5.74, 6) is -0.975. The molecule has 0 fully saturated rings. The molecule has 6 heteroatoms. The average Bonchev–Trinajstić information content (AvgIpc) is 2.42. The van der Waals surface area contributed by atoms with Gasteiger partial charge in [0.05, 0.1) is 17.6 Å². The van der Waals surface area contributed by atoms with Crippen LogP contribution in [0.1, 0.15) is 22.7 Å². The fourth-order valence-electron chi connectivity index (χ4n) is 2.15. The smallest absolute Gasteiger partial charge is 0.138 e. The SMILES string of the molecule is COc1c(Br)cc(Cl)cc1C(N)c1c(F)ccc(C)c1F. The Labute approximate surface area is 135 Å². The summed E-state index contributed by atoms with van der Waals surface area (Å²) in [6.07, 6.45) is 0. The molecule has 1 unspecified atom stereocenters. The van der Waals surface area contributed by atoms with Crippen molar-refractivity contribution >= 4 is 27.5 Å². The van der Waals surface area contributed by atoms with Gasteiger partial charge in [-0.05, 0) is 46.6 Å². The van der Waals surface area contributed by atoms with E-state index in [1.54, 1.807) is 13.0 Å². The first kappa shape index (κ1) is 16.2. The van der Waals surface area contributed by atoms with E-state index >= 15 is 0 Å². The van der Waals surface area contributed by atoms with Crippen LogP contribution < -0.4 is 10.5 Å². The van der Waals surface area contributed by atoms with Crippen LogP contribution in [0.5, 0.6) is 5.75 Å². The Morgan fingerprint density at radius 2 is 1.95 bits per heavy atom. The molecule has 2 aromatic rings. The van der Waals surface area contributed by atoms with E-state index in [-0.39, 0.29) is 5.56 Å². The van der Waals surface area contributed by atoms with Crippen molar-refractivity contribution < 1.29 is 13.5 Å². The van der Waals surface area contributed by atoms with Crippen molar-refractivity contribution in [3.05, 3.63) is 62.1 Å². The fraction of sp³-hybridized carbons (Fsp3) is 0.200. The van der Waals surface area contributed by atoms with Crippen LogP contribution in [0.2, 0.25) is 5.02 Å². The van der Waals surface area contributed by atoms with E-state index in [0.29, 0.717) is 26.4 Å². The van der Waals surface area contributed by atoms with E-state index in [4.69, 9.17) is 22.1 Å². The van der Waals surface area contributed by atoms with Crippen molar-refractivity contribution in [2.45, 2.75) is 13.0 Å². The Morgan fingerprint density at radius 3 is 2.57 bits per heavy atom. The van der Waals surface area contributed by atoms with Crippen LogP contribution in [0, 0.1) is 18.6 Å². The summed E-state index contributed by atoms with van der Waals surface area (Å²) in [7, 11) is 1.45. The molecular formula is C15H13BrClF2NO. The lowest BCUT2D eigenvalue weighted by atomic mass is 9.96. The van der Waals surface area contributed by atoms with Crippen LogP contribution in [0.3, 0.4) is 0 Å². The second kappa shape index (κ2) is 6.30. The highest BCUT2D eigenvalue weighted by atomic mass is 79.9. The summed E-state index contributed by atoms with van der Waals surface area (Å²) in [4.78, 5) is 0. The van der Waals surface area contributed by atoms with Crippen LogP contribution in [-0.2, 0) is 0 Å². The maximum atomic E-state index is 14.2. The first-order chi connectivity index (χ1) is 9.86. The predicted octanol–water partition coefficient (Wildman–Crippen LogP) is 4.75. The molecule has 0 bridgehead atoms. The number of rotatable bonds is 3. The summed E-state index contributed by atoms with van der Waals surface area (Å²) in [6.45, 7) is 1.55. The van der Waals surface area contributed by atoms with E-state index in [0.717, 1.165) is 0 Å². The number of ether oxygens (including phenoxy) is 1. The minimum absolute atomic E-state index is 0.206. The van der Waals surface area contributed by atoms with Gasteiger partial charge in [0.2, 0.25) is 0 Å². The lowest BCUT2D eigenvalue weighted by Crippen LogP contribution is -2.17. The second-order valence-corrected chi connectivity index (χ2v) is 5.87. The lowest BCUT2D eigenvalue weighted by molar-refractivity contribution is 0.404. The Hall–Kier alpha value is -1.17. The number of hydrogen-bond donors (Lipinski definition) is 1. The summed E-state index contributed by atoms with van der Waals surface area (Å²) in [6, 6.07) is 4.69. The Balaban J connectivity index is 2.66. The highest BCUT2D eigenvalue weighted by molar-refractivity contribution is 9.10. The van der Waals surface area contributed by atoms with Gasteiger partial charge in [0.1, 0.15) is 17.4 Å². The third kappa shape index (κ3) is 3.05. The van der Waals surface area contributed by atoms with Gasteiger partial charge in [0.25, 0.3) is 0 Å². The Kier molecular flexibility index (Phi) is 4.86. The monoisotopic (exact) mass is 375 g/mol. The van der Waals surface area contributed by atoms with Gasteiger partial charge in [-0.25, -0.2) is 8.78 Å². The topological polar surface area (TPSA) is 35.2 Å². The molecule has 0 aliphatic carbocycles. The maximum absolute atomic E-state index is 14.2. The van der Waals surface area contributed by atoms with Gasteiger partial charge in [-0.3, -0.25) is 0 Å². The first-order valence-electron chi connectivity index (χ1n) is 6.09. The molecule has 2 N–H and O–H groups in total. The van der Waals surface area contributed by atoms with Crippen LogP contribution in [-0.4, -0.2) is 7.11 Å². The van der Waals surface area contributed by atoms with Crippen LogP contribution in [0.15, 0.2) is 28.7 Å². The van der Waals surface area contributed by atoms with Gasteiger partial charge in [0.15, 0.2) is 0 Å². The molecule has 0 heterocycles. The van der Waals surface area contributed by atoms with E-state index < -0.39 is 17.7 Å². The molecule has 0 aliphatic heterocycles. The molecule has 2 rings (SSSR count). The van der Waals surface area contributed by atoms with Crippen molar-refractivity contribution in [3.63, 3.8) is 0 Å². The molecule has 2 nitrogen and oxygen atoms in total. The number of nitrogens with two attached hydrogens (primary N) is 1. The van der Waals surface area contributed by atoms with Gasteiger partial charge in [-0.1, -0.05) is 17.7 Å². The van der Waals surface area contributed by atoms with Crippen LogP contribution in [0.25, 0.3) is 0 Å². The minimum Gasteiger partial charge on any atom is -0.495 e. The zero-order valence-corrected chi connectivity index (χ0v) is 13.7. The second-order valence-electron chi connectivity index (χ2n) is 4.58. The van der Waals surface area contributed by atoms with Crippen molar-refractivity contribution in [2.75, 3.05) is 7.11 Å². The van der Waals surface area contributed by atoms with E-state index in [1.165, 1.54) is 25.3 Å². The zero-order valence-electron chi connectivity index (χ0n) is 11.4. The summed E-state index contributed by atoms with van der Waals surface area (Å²) >= 11 is 9.29. The Bertz CT molecular complexity index is 694. The van der Waals surface area contributed by atoms with E-state index in [2.05, 4.69) is 15.9 Å². The average molecular weight is 377 g/mol. The maximum Gasteiger partial charge on any atom is 0.138 e. The fourth-order valence-corrected chi connectivity index (χ4v) is 3.14. The third-order valence-corrected chi connectivity index (χ3v) is 4.01. The van der Waals surface area contributed by atoms with Gasteiger partial charge >= 0.3 is 0 Å². The van der Waals surface area contributed by atoms with E-state index in [9.17, 15) is 8.78 Å².